The molecule has 3 heteroatoms. The molecule has 4 rings (SSSR count). The molecule has 3 saturated heterocycles. The van der Waals surface area contributed by atoms with Crippen LogP contribution in [-0.2, 0) is 4.79 Å². The van der Waals surface area contributed by atoms with Gasteiger partial charge in [0.25, 0.3) is 0 Å². The van der Waals surface area contributed by atoms with E-state index < -0.39 is 0 Å². The second kappa shape index (κ2) is 4.49. The number of hydrogen-bond donors (Lipinski definition) is 1. The number of anilines is 1. The van der Waals surface area contributed by atoms with E-state index in [1.165, 1.54) is 25.9 Å². The van der Waals surface area contributed by atoms with Crippen LogP contribution >= 0.6 is 0 Å². The van der Waals surface area contributed by atoms with Crippen molar-refractivity contribution >= 4 is 11.6 Å². The van der Waals surface area contributed by atoms with Gasteiger partial charge in [-0.2, -0.15) is 0 Å². The Kier molecular flexibility index (Phi) is 2.85. The SMILES string of the molecule is O=C(Nc1ccccc1)[C@H]1CN2CCC1CC2. The van der Waals surface area contributed by atoms with Crippen LogP contribution in [0.5, 0.6) is 0 Å². The molecule has 3 fully saturated rings. The summed E-state index contributed by atoms with van der Waals surface area (Å²) in [6, 6.07) is 9.75. The minimum absolute atomic E-state index is 0.192. The van der Waals surface area contributed by atoms with Crippen molar-refractivity contribution in [2.24, 2.45) is 11.8 Å². The maximum absolute atomic E-state index is 12.2. The van der Waals surface area contributed by atoms with Crippen molar-refractivity contribution in [3.63, 3.8) is 0 Å². The van der Waals surface area contributed by atoms with Crippen LogP contribution in [0.2, 0.25) is 0 Å². The second-order valence-electron chi connectivity index (χ2n) is 5.10. The molecule has 1 aromatic rings. The molecule has 3 nitrogen and oxygen atoms in total. The summed E-state index contributed by atoms with van der Waals surface area (Å²) in [4.78, 5) is 14.6. The summed E-state index contributed by atoms with van der Waals surface area (Å²) in [6.45, 7) is 3.31. The molecule has 0 radical (unpaired) electrons. The molecule has 1 aromatic carbocycles. The van der Waals surface area contributed by atoms with Gasteiger partial charge in [0, 0.05) is 12.2 Å². The molecule has 1 N–H and O–H groups in total. The van der Waals surface area contributed by atoms with E-state index in [2.05, 4.69) is 10.2 Å². The van der Waals surface area contributed by atoms with E-state index in [-0.39, 0.29) is 11.8 Å². The van der Waals surface area contributed by atoms with Gasteiger partial charge in [-0.3, -0.25) is 4.79 Å². The van der Waals surface area contributed by atoms with Crippen LogP contribution in [-0.4, -0.2) is 30.4 Å². The van der Waals surface area contributed by atoms with Crippen LogP contribution in [0.25, 0.3) is 0 Å². The second-order valence-corrected chi connectivity index (χ2v) is 5.10. The minimum Gasteiger partial charge on any atom is -0.326 e. The number of benzene rings is 1. The molecule has 1 atom stereocenters. The number of amides is 1. The predicted molar refractivity (Wildman–Crippen MR) is 67.7 cm³/mol. The maximum Gasteiger partial charge on any atom is 0.229 e. The van der Waals surface area contributed by atoms with E-state index in [9.17, 15) is 4.79 Å². The summed E-state index contributed by atoms with van der Waals surface area (Å²) < 4.78 is 0. The van der Waals surface area contributed by atoms with Crippen molar-refractivity contribution < 1.29 is 4.79 Å². The Labute approximate surface area is 102 Å². The number of hydrogen-bond acceptors (Lipinski definition) is 2. The van der Waals surface area contributed by atoms with E-state index in [4.69, 9.17) is 0 Å². The number of carbonyl (C=O) groups excluding carboxylic acids is 1. The molecule has 1 amide bonds. The normalized spacial score (nSPS) is 31.2. The van der Waals surface area contributed by atoms with Gasteiger partial charge in [0.1, 0.15) is 0 Å². The number of carbonyl (C=O) groups is 1. The third kappa shape index (κ3) is 2.20. The molecule has 0 unspecified atom stereocenters. The van der Waals surface area contributed by atoms with Crippen LogP contribution in [0, 0.1) is 11.8 Å². The molecule has 3 aliphatic heterocycles. The number of nitrogens with one attached hydrogen (secondary N) is 1. The highest BCUT2D eigenvalue weighted by Crippen LogP contribution is 2.32. The first-order chi connectivity index (χ1) is 8.33. The van der Waals surface area contributed by atoms with Crippen molar-refractivity contribution in [3.8, 4) is 0 Å². The molecule has 0 aliphatic carbocycles. The number of nitrogens with zero attached hydrogens (tertiary/aromatic N) is 1. The third-order valence-corrected chi connectivity index (χ3v) is 4.03. The summed E-state index contributed by atoms with van der Waals surface area (Å²) in [6.07, 6.45) is 2.37. The molecule has 90 valence electrons. The standard InChI is InChI=1S/C14H18N2O/c17-14(15-12-4-2-1-3-5-12)13-10-16-8-6-11(13)7-9-16/h1-5,11,13H,6-10H2,(H,15,17)/t13-/m0/s1. The highest BCUT2D eigenvalue weighted by molar-refractivity contribution is 5.93. The first kappa shape index (κ1) is 10.8. The van der Waals surface area contributed by atoms with E-state index in [0.29, 0.717) is 5.92 Å². The lowest BCUT2D eigenvalue weighted by molar-refractivity contribution is -0.125. The van der Waals surface area contributed by atoms with Crippen molar-refractivity contribution in [2.75, 3.05) is 25.0 Å². The largest absolute Gasteiger partial charge is 0.326 e. The Morgan fingerprint density at radius 2 is 1.88 bits per heavy atom. The van der Waals surface area contributed by atoms with Crippen molar-refractivity contribution in [1.29, 1.82) is 0 Å². The van der Waals surface area contributed by atoms with Crippen molar-refractivity contribution in [2.45, 2.75) is 12.8 Å². The van der Waals surface area contributed by atoms with Gasteiger partial charge < -0.3 is 10.2 Å². The third-order valence-electron chi connectivity index (χ3n) is 4.03. The Hall–Kier alpha value is -1.35. The summed E-state index contributed by atoms with van der Waals surface area (Å²) in [5.41, 5.74) is 0.911. The van der Waals surface area contributed by atoms with Gasteiger partial charge in [-0.05, 0) is 44.0 Å². The molecule has 0 spiro atoms. The lowest BCUT2D eigenvalue weighted by Gasteiger charge is -2.43. The molecule has 3 aliphatic rings. The van der Waals surface area contributed by atoms with Crippen LogP contribution in [0.15, 0.2) is 30.3 Å². The molecular weight excluding hydrogens is 212 g/mol. The molecule has 3 heterocycles. The summed E-state index contributed by atoms with van der Waals surface area (Å²) >= 11 is 0. The van der Waals surface area contributed by atoms with E-state index >= 15 is 0 Å². The number of fused-ring (bicyclic) bond motifs is 3. The van der Waals surface area contributed by atoms with Gasteiger partial charge in [-0.1, -0.05) is 18.2 Å². The van der Waals surface area contributed by atoms with E-state index in [1.54, 1.807) is 0 Å². The van der Waals surface area contributed by atoms with E-state index in [1.807, 2.05) is 30.3 Å². The Bertz CT molecular complexity index is 396. The van der Waals surface area contributed by atoms with Gasteiger partial charge in [-0.25, -0.2) is 0 Å². The summed E-state index contributed by atoms with van der Waals surface area (Å²) in [5.74, 6) is 0.993. The van der Waals surface area contributed by atoms with Crippen LogP contribution in [0.3, 0.4) is 0 Å². The molecule has 0 aromatic heterocycles. The average Bonchev–Trinajstić information content (AvgIpc) is 2.41. The lowest BCUT2D eigenvalue weighted by atomic mass is 9.78. The lowest BCUT2D eigenvalue weighted by Crippen LogP contribution is -2.51. The summed E-state index contributed by atoms with van der Waals surface area (Å²) in [7, 11) is 0. The highest BCUT2D eigenvalue weighted by atomic mass is 16.1. The zero-order valence-electron chi connectivity index (χ0n) is 9.93. The fraction of sp³-hybridized carbons (Fsp3) is 0.500. The minimum atomic E-state index is 0.192. The topological polar surface area (TPSA) is 32.3 Å². The first-order valence-electron chi connectivity index (χ1n) is 6.41. The van der Waals surface area contributed by atoms with Gasteiger partial charge in [0.05, 0.1) is 5.92 Å². The first-order valence-corrected chi connectivity index (χ1v) is 6.41. The Morgan fingerprint density at radius 3 is 2.47 bits per heavy atom. The monoisotopic (exact) mass is 230 g/mol. The zero-order chi connectivity index (χ0) is 11.7. The molecule has 2 bridgehead atoms. The van der Waals surface area contributed by atoms with E-state index in [0.717, 1.165) is 12.2 Å². The van der Waals surface area contributed by atoms with Gasteiger partial charge in [-0.15, -0.1) is 0 Å². The summed E-state index contributed by atoms with van der Waals surface area (Å²) in [5, 5.41) is 3.03. The van der Waals surface area contributed by atoms with Crippen LogP contribution < -0.4 is 5.32 Å². The van der Waals surface area contributed by atoms with Gasteiger partial charge >= 0.3 is 0 Å². The Balaban J connectivity index is 1.67. The van der Waals surface area contributed by atoms with Gasteiger partial charge in [0.2, 0.25) is 5.91 Å². The fourth-order valence-corrected chi connectivity index (χ4v) is 3.02. The van der Waals surface area contributed by atoms with Crippen molar-refractivity contribution in [1.82, 2.24) is 4.90 Å². The molecular formula is C14H18N2O. The fourth-order valence-electron chi connectivity index (χ4n) is 3.02. The number of rotatable bonds is 2. The number of para-hydroxylation sites is 1. The number of piperidine rings is 3. The smallest absolute Gasteiger partial charge is 0.229 e. The maximum atomic E-state index is 12.2. The average molecular weight is 230 g/mol. The zero-order valence-corrected chi connectivity index (χ0v) is 9.93. The molecule has 17 heavy (non-hydrogen) atoms. The highest BCUT2D eigenvalue weighted by Gasteiger charge is 2.38. The quantitative estimate of drug-likeness (QED) is 0.842. The Morgan fingerprint density at radius 1 is 1.18 bits per heavy atom. The predicted octanol–water partition coefficient (Wildman–Crippen LogP) is 1.97. The van der Waals surface area contributed by atoms with Crippen LogP contribution in [0.1, 0.15) is 12.8 Å². The molecule has 0 saturated carbocycles. The van der Waals surface area contributed by atoms with Crippen molar-refractivity contribution in [3.05, 3.63) is 30.3 Å². The van der Waals surface area contributed by atoms with Gasteiger partial charge in [0.15, 0.2) is 0 Å². The van der Waals surface area contributed by atoms with Crippen LogP contribution in [0.4, 0.5) is 5.69 Å².